The second-order valence-electron chi connectivity index (χ2n) is 9.11. The number of amides is 1. The summed E-state index contributed by atoms with van der Waals surface area (Å²) >= 11 is 0. The van der Waals surface area contributed by atoms with Gasteiger partial charge in [-0.15, -0.1) is 0 Å². The smallest absolute Gasteiger partial charge is 0.416 e. The number of likely N-dealkylation sites (tertiary alicyclic amines) is 1. The van der Waals surface area contributed by atoms with Gasteiger partial charge in [-0.05, 0) is 68.3 Å². The Hall–Kier alpha value is -3.85. The summed E-state index contributed by atoms with van der Waals surface area (Å²) in [5.74, 6) is 0.579. The van der Waals surface area contributed by atoms with Crippen molar-refractivity contribution in [2.75, 3.05) is 18.5 Å². The van der Waals surface area contributed by atoms with Gasteiger partial charge in [0.05, 0.1) is 23.7 Å². The first-order valence-electron chi connectivity index (χ1n) is 12.2. The third kappa shape index (κ3) is 5.46. The van der Waals surface area contributed by atoms with Gasteiger partial charge in [0.2, 0.25) is 5.91 Å². The van der Waals surface area contributed by atoms with Crippen molar-refractivity contribution in [1.82, 2.24) is 15.1 Å². The lowest BCUT2D eigenvalue weighted by Crippen LogP contribution is -2.39. The van der Waals surface area contributed by atoms with Crippen molar-refractivity contribution in [2.24, 2.45) is 0 Å². The molecule has 9 heteroatoms. The highest BCUT2D eigenvalue weighted by molar-refractivity contribution is 6.00. The number of aromatic amines is 1. The van der Waals surface area contributed by atoms with Crippen molar-refractivity contribution in [2.45, 2.75) is 38.5 Å². The van der Waals surface area contributed by atoms with Gasteiger partial charge in [0.25, 0.3) is 0 Å². The van der Waals surface area contributed by atoms with E-state index in [-0.39, 0.29) is 12.5 Å². The number of carbonyl (C=O) groups is 1. The number of ether oxygens (including phenoxy) is 1. The quantitative estimate of drug-likeness (QED) is 0.310. The van der Waals surface area contributed by atoms with Gasteiger partial charge in [-0.3, -0.25) is 14.8 Å². The molecular weight excluding hydrogens is 481 g/mol. The van der Waals surface area contributed by atoms with E-state index < -0.39 is 17.8 Å². The van der Waals surface area contributed by atoms with Gasteiger partial charge in [0, 0.05) is 23.2 Å². The van der Waals surface area contributed by atoms with E-state index in [1.54, 1.807) is 6.07 Å². The van der Waals surface area contributed by atoms with Gasteiger partial charge >= 0.3 is 6.18 Å². The van der Waals surface area contributed by atoms with Crippen LogP contribution in [0.25, 0.3) is 22.2 Å². The average Bonchev–Trinajstić information content (AvgIpc) is 3.51. The number of H-pyrrole nitrogens is 1. The van der Waals surface area contributed by atoms with Gasteiger partial charge < -0.3 is 10.1 Å². The molecule has 37 heavy (non-hydrogen) atoms. The summed E-state index contributed by atoms with van der Waals surface area (Å²) in [6.45, 7) is 3.42. The zero-order valence-corrected chi connectivity index (χ0v) is 20.3. The van der Waals surface area contributed by atoms with Crippen LogP contribution in [0.4, 0.5) is 18.9 Å². The summed E-state index contributed by atoms with van der Waals surface area (Å²) in [4.78, 5) is 15.2. The van der Waals surface area contributed by atoms with Gasteiger partial charge in [-0.2, -0.15) is 18.3 Å². The van der Waals surface area contributed by atoms with Crippen molar-refractivity contribution in [3.63, 3.8) is 0 Å². The molecule has 1 saturated heterocycles. The molecule has 1 aromatic heterocycles. The molecule has 0 bridgehead atoms. The number of halogens is 3. The van der Waals surface area contributed by atoms with E-state index in [0.29, 0.717) is 30.8 Å². The van der Waals surface area contributed by atoms with Crippen molar-refractivity contribution in [3.8, 4) is 17.0 Å². The summed E-state index contributed by atoms with van der Waals surface area (Å²) in [5, 5.41) is 11.4. The van der Waals surface area contributed by atoms with E-state index in [1.807, 2.05) is 54.3 Å². The minimum absolute atomic E-state index is 0.174. The summed E-state index contributed by atoms with van der Waals surface area (Å²) in [6.07, 6.45) is -2.95. The van der Waals surface area contributed by atoms with Crippen LogP contribution in [0, 0.1) is 0 Å². The van der Waals surface area contributed by atoms with Gasteiger partial charge in [-0.25, -0.2) is 0 Å². The molecule has 1 amide bonds. The molecule has 1 aliphatic rings. The molecule has 2 heterocycles. The molecule has 0 spiro atoms. The van der Waals surface area contributed by atoms with E-state index in [0.717, 1.165) is 46.5 Å². The molecule has 6 nitrogen and oxygen atoms in total. The molecule has 4 aromatic rings. The van der Waals surface area contributed by atoms with Crippen LogP contribution in [0.1, 0.15) is 30.9 Å². The van der Waals surface area contributed by atoms with E-state index in [4.69, 9.17) is 4.74 Å². The van der Waals surface area contributed by atoms with Crippen molar-refractivity contribution < 1.29 is 22.7 Å². The predicted octanol–water partition coefficient (Wildman–Crippen LogP) is 6.25. The maximum Gasteiger partial charge on any atom is 0.416 e. The standard InChI is InChI=1S/C28H27F3N4O2/c1-2-37-22-9-4-7-19(15-22)26-23-16-21(11-12-24(23)33-34-26)32-27(36)25-10-5-13-35(25)17-18-6-3-8-20(14-18)28(29,30)31/h3-4,6-9,11-12,14-16,25H,2,5,10,13,17H2,1H3,(H,32,36)(H,33,34)/t25-/m0/s1. The highest BCUT2D eigenvalue weighted by Crippen LogP contribution is 2.32. The minimum atomic E-state index is -4.40. The first-order chi connectivity index (χ1) is 17.8. The van der Waals surface area contributed by atoms with Crippen LogP contribution in [0.3, 0.4) is 0 Å². The molecule has 3 aromatic carbocycles. The Balaban J connectivity index is 1.33. The average molecular weight is 509 g/mol. The first-order valence-corrected chi connectivity index (χ1v) is 12.2. The molecule has 1 atom stereocenters. The molecule has 0 radical (unpaired) electrons. The van der Waals surface area contributed by atoms with E-state index in [1.165, 1.54) is 6.07 Å². The van der Waals surface area contributed by atoms with Gasteiger partial charge in [0.15, 0.2) is 0 Å². The molecule has 5 rings (SSSR count). The molecule has 1 fully saturated rings. The lowest BCUT2D eigenvalue weighted by molar-refractivity contribution is -0.137. The van der Waals surface area contributed by atoms with Crippen LogP contribution >= 0.6 is 0 Å². The summed E-state index contributed by atoms with van der Waals surface area (Å²) in [6, 6.07) is 18.1. The molecule has 1 aliphatic heterocycles. The fourth-order valence-corrected chi connectivity index (χ4v) is 4.83. The predicted molar refractivity (Wildman–Crippen MR) is 136 cm³/mol. The monoisotopic (exact) mass is 508 g/mol. The Morgan fingerprint density at radius 2 is 1.97 bits per heavy atom. The van der Waals surface area contributed by atoms with Crippen LogP contribution in [-0.2, 0) is 17.5 Å². The molecular formula is C28H27F3N4O2. The zero-order valence-electron chi connectivity index (χ0n) is 20.3. The summed E-state index contributed by atoms with van der Waals surface area (Å²) < 4.78 is 45.0. The second kappa shape index (κ2) is 10.3. The lowest BCUT2D eigenvalue weighted by atomic mass is 10.1. The van der Waals surface area contributed by atoms with Crippen LogP contribution < -0.4 is 10.1 Å². The fraction of sp³-hybridized carbons (Fsp3) is 0.286. The number of benzene rings is 3. The van der Waals surface area contributed by atoms with Crippen molar-refractivity contribution in [1.29, 1.82) is 0 Å². The number of hydrogen-bond acceptors (Lipinski definition) is 4. The molecule has 0 saturated carbocycles. The van der Waals surface area contributed by atoms with Crippen LogP contribution in [0.5, 0.6) is 5.75 Å². The number of nitrogens with one attached hydrogen (secondary N) is 2. The van der Waals surface area contributed by atoms with Crippen molar-refractivity contribution >= 4 is 22.5 Å². The third-order valence-electron chi connectivity index (χ3n) is 6.56. The molecule has 2 N–H and O–H groups in total. The molecule has 192 valence electrons. The Bertz CT molecular complexity index is 1420. The molecule has 0 unspecified atom stereocenters. The number of fused-ring (bicyclic) bond motifs is 1. The maximum absolute atomic E-state index is 13.2. The van der Waals surface area contributed by atoms with Gasteiger partial charge in [-0.1, -0.05) is 30.3 Å². The van der Waals surface area contributed by atoms with E-state index in [2.05, 4.69) is 15.5 Å². The fourth-order valence-electron chi connectivity index (χ4n) is 4.83. The molecule has 0 aliphatic carbocycles. The van der Waals surface area contributed by atoms with Crippen molar-refractivity contribution in [3.05, 3.63) is 77.9 Å². The lowest BCUT2D eigenvalue weighted by Gasteiger charge is -2.24. The number of alkyl halides is 3. The minimum Gasteiger partial charge on any atom is -0.494 e. The Morgan fingerprint density at radius 1 is 1.14 bits per heavy atom. The number of nitrogens with zero attached hydrogens (tertiary/aromatic N) is 2. The first kappa shape index (κ1) is 24.8. The van der Waals surface area contributed by atoms with Gasteiger partial charge in [0.1, 0.15) is 11.4 Å². The maximum atomic E-state index is 13.2. The number of anilines is 1. The van der Waals surface area contributed by atoms with Crippen LogP contribution in [0.15, 0.2) is 66.7 Å². The summed E-state index contributed by atoms with van der Waals surface area (Å²) in [7, 11) is 0. The highest BCUT2D eigenvalue weighted by atomic mass is 19.4. The van der Waals surface area contributed by atoms with E-state index >= 15 is 0 Å². The third-order valence-corrected chi connectivity index (χ3v) is 6.56. The van der Waals surface area contributed by atoms with E-state index in [9.17, 15) is 18.0 Å². The number of rotatable bonds is 7. The normalized spacial score (nSPS) is 16.3. The Morgan fingerprint density at radius 3 is 2.78 bits per heavy atom. The number of carbonyl (C=O) groups excluding carboxylic acids is 1. The summed E-state index contributed by atoms with van der Waals surface area (Å²) in [5.41, 5.74) is 2.96. The Labute approximate surface area is 212 Å². The SMILES string of the molecule is CCOc1cccc(-c2n[nH]c3ccc(NC(=O)[C@@H]4CCCN4Cc4cccc(C(F)(F)F)c4)cc23)c1. The van der Waals surface area contributed by atoms with Crippen LogP contribution in [-0.4, -0.2) is 40.2 Å². The Kier molecular flexibility index (Phi) is 6.88. The largest absolute Gasteiger partial charge is 0.494 e. The number of hydrogen-bond donors (Lipinski definition) is 2. The number of aromatic nitrogens is 2. The topological polar surface area (TPSA) is 70.2 Å². The van der Waals surface area contributed by atoms with Crippen LogP contribution in [0.2, 0.25) is 0 Å². The second-order valence-corrected chi connectivity index (χ2v) is 9.11. The zero-order chi connectivity index (χ0) is 26.0. The highest BCUT2D eigenvalue weighted by Gasteiger charge is 2.33.